The van der Waals surface area contributed by atoms with Crippen molar-refractivity contribution in [1.29, 1.82) is 0 Å². The van der Waals surface area contributed by atoms with Crippen molar-refractivity contribution in [3.05, 3.63) is 34.3 Å². The fourth-order valence-electron chi connectivity index (χ4n) is 2.15. The third-order valence-corrected chi connectivity index (χ3v) is 3.90. The Bertz CT molecular complexity index is 535. The monoisotopic (exact) mass is 313 g/mol. The van der Waals surface area contributed by atoms with Crippen molar-refractivity contribution in [1.82, 2.24) is 5.32 Å². The van der Waals surface area contributed by atoms with Gasteiger partial charge < -0.3 is 14.8 Å². The standard InChI is InChI=1S/C15H20FNO3S/c1-9-7-11(17-14(18)20-15(2,3)4)12(19-8-9)13-10(16)5-6-21-13/h5-6,11-12H,1,7-8H2,2-4H3,(H,17,18). The Morgan fingerprint density at radius 1 is 1.57 bits per heavy atom. The summed E-state index contributed by atoms with van der Waals surface area (Å²) in [5, 5.41) is 4.43. The van der Waals surface area contributed by atoms with Crippen LogP contribution in [0.2, 0.25) is 0 Å². The molecule has 4 nitrogen and oxygen atoms in total. The van der Waals surface area contributed by atoms with Crippen LogP contribution in [0.25, 0.3) is 0 Å². The molecule has 0 aromatic carbocycles. The zero-order chi connectivity index (χ0) is 15.6. The van der Waals surface area contributed by atoms with Crippen LogP contribution in [0.5, 0.6) is 0 Å². The Morgan fingerprint density at radius 3 is 2.86 bits per heavy atom. The first-order valence-electron chi connectivity index (χ1n) is 6.77. The number of rotatable bonds is 2. The average molecular weight is 313 g/mol. The number of amides is 1. The Kier molecular flexibility index (Phi) is 4.68. The van der Waals surface area contributed by atoms with Crippen molar-refractivity contribution in [3.8, 4) is 0 Å². The van der Waals surface area contributed by atoms with Crippen LogP contribution >= 0.6 is 11.3 Å². The topological polar surface area (TPSA) is 47.6 Å². The minimum absolute atomic E-state index is 0.312. The second-order valence-corrected chi connectivity index (χ2v) is 7.02. The third kappa shape index (κ3) is 4.28. The Balaban J connectivity index is 2.11. The van der Waals surface area contributed by atoms with Crippen LogP contribution in [0.3, 0.4) is 0 Å². The summed E-state index contributed by atoms with van der Waals surface area (Å²) in [5.74, 6) is -0.312. The van der Waals surface area contributed by atoms with Crippen LogP contribution in [0.15, 0.2) is 23.6 Å². The van der Waals surface area contributed by atoms with Crippen LogP contribution in [0.1, 0.15) is 38.2 Å². The molecule has 2 rings (SSSR count). The van der Waals surface area contributed by atoms with E-state index in [1.807, 2.05) is 0 Å². The van der Waals surface area contributed by atoms with Gasteiger partial charge in [0.25, 0.3) is 0 Å². The smallest absolute Gasteiger partial charge is 0.407 e. The Hall–Kier alpha value is -1.40. The lowest BCUT2D eigenvalue weighted by atomic mass is 9.98. The summed E-state index contributed by atoms with van der Waals surface area (Å²) in [5.41, 5.74) is 0.282. The molecule has 1 aliphatic heterocycles. The number of halogens is 1. The second kappa shape index (κ2) is 6.15. The average Bonchev–Trinajstić information content (AvgIpc) is 2.73. The first-order chi connectivity index (χ1) is 9.76. The maximum atomic E-state index is 13.8. The van der Waals surface area contributed by atoms with Crippen molar-refractivity contribution < 1.29 is 18.7 Å². The Morgan fingerprint density at radius 2 is 2.29 bits per heavy atom. The van der Waals surface area contributed by atoms with Crippen molar-refractivity contribution in [2.75, 3.05) is 6.61 Å². The molecule has 0 spiro atoms. The molecule has 1 saturated heterocycles. The predicted molar refractivity (Wildman–Crippen MR) is 79.9 cm³/mol. The summed E-state index contributed by atoms with van der Waals surface area (Å²) in [4.78, 5) is 12.4. The number of ether oxygens (including phenoxy) is 2. The highest BCUT2D eigenvalue weighted by atomic mass is 32.1. The zero-order valence-corrected chi connectivity index (χ0v) is 13.3. The zero-order valence-electron chi connectivity index (χ0n) is 12.4. The molecular weight excluding hydrogens is 293 g/mol. The van der Waals surface area contributed by atoms with E-state index in [0.29, 0.717) is 17.9 Å². The summed E-state index contributed by atoms with van der Waals surface area (Å²) >= 11 is 1.28. The molecule has 1 amide bonds. The number of alkyl carbamates (subject to hydrolysis) is 1. The highest BCUT2D eigenvalue weighted by Gasteiger charge is 2.34. The first-order valence-corrected chi connectivity index (χ1v) is 7.65. The lowest BCUT2D eigenvalue weighted by Gasteiger charge is -2.33. The molecule has 0 saturated carbocycles. The number of carbonyl (C=O) groups excluding carboxylic acids is 1. The molecule has 1 fully saturated rings. The molecule has 1 aliphatic rings. The lowest BCUT2D eigenvalue weighted by molar-refractivity contribution is 0.00532. The van der Waals surface area contributed by atoms with E-state index in [1.165, 1.54) is 17.4 Å². The fraction of sp³-hybridized carbons (Fsp3) is 0.533. The minimum atomic E-state index is -0.583. The number of hydrogen-bond donors (Lipinski definition) is 1. The van der Waals surface area contributed by atoms with Gasteiger partial charge in [-0.3, -0.25) is 0 Å². The second-order valence-electron chi connectivity index (χ2n) is 6.07. The highest BCUT2D eigenvalue weighted by Crippen LogP contribution is 2.34. The summed E-state index contributed by atoms with van der Waals surface area (Å²) in [6.45, 7) is 9.62. The van der Waals surface area contributed by atoms with Crippen molar-refractivity contribution in [2.45, 2.75) is 44.9 Å². The van der Waals surface area contributed by atoms with Gasteiger partial charge in [-0.15, -0.1) is 11.3 Å². The molecule has 1 aromatic rings. The van der Waals surface area contributed by atoms with Gasteiger partial charge >= 0.3 is 6.09 Å². The van der Waals surface area contributed by atoms with Gasteiger partial charge in [0.2, 0.25) is 0 Å². The summed E-state index contributed by atoms with van der Waals surface area (Å²) in [6, 6.07) is 1.02. The number of thiophene rings is 1. The fourth-order valence-corrected chi connectivity index (χ4v) is 3.03. The molecule has 0 bridgehead atoms. The molecule has 1 N–H and O–H groups in total. The van der Waals surface area contributed by atoms with E-state index in [2.05, 4.69) is 11.9 Å². The molecule has 2 heterocycles. The minimum Gasteiger partial charge on any atom is -0.444 e. The number of carbonyl (C=O) groups is 1. The highest BCUT2D eigenvalue weighted by molar-refractivity contribution is 7.10. The van der Waals surface area contributed by atoms with E-state index in [9.17, 15) is 9.18 Å². The molecular formula is C15H20FNO3S. The number of nitrogens with one attached hydrogen (secondary N) is 1. The number of hydrogen-bond acceptors (Lipinski definition) is 4. The van der Waals surface area contributed by atoms with E-state index in [1.54, 1.807) is 26.2 Å². The molecule has 2 atom stereocenters. The lowest BCUT2D eigenvalue weighted by Crippen LogP contribution is -2.45. The van der Waals surface area contributed by atoms with Gasteiger partial charge in [-0.25, -0.2) is 9.18 Å². The van der Waals surface area contributed by atoms with Gasteiger partial charge in [0, 0.05) is 0 Å². The molecule has 21 heavy (non-hydrogen) atoms. The van der Waals surface area contributed by atoms with Gasteiger partial charge in [-0.05, 0) is 44.2 Å². The molecule has 0 aliphatic carbocycles. The predicted octanol–water partition coefficient (Wildman–Crippen LogP) is 3.80. The van der Waals surface area contributed by atoms with Crippen LogP contribution in [0.4, 0.5) is 9.18 Å². The SMILES string of the molecule is C=C1COC(c2sccc2F)C(NC(=O)OC(C)(C)C)C1. The van der Waals surface area contributed by atoms with Crippen LogP contribution in [0, 0.1) is 5.82 Å². The van der Waals surface area contributed by atoms with E-state index < -0.39 is 17.8 Å². The maximum absolute atomic E-state index is 13.8. The first kappa shape index (κ1) is 16.0. The summed E-state index contributed by atoms with van der Waals surface area (Å²) in [6.07, 6.45) is -0.503. The van der Waals surface area contributed by atoms with Gasteiger partial charge in [0.1, 0.15) is 17.5 Å². The molecule has 1 aromatic heterocycles. The van der Waals surface area contributed by atoms with E-state index >= 15 is 0 Å². The molecule has 6 heteroatoms. The maximum Gasteiger partial charge on any atom is 0.407 e. The van der Waals surface area contributed by atoms with Gasteiger partial charge in [-0.2, -0.15) is 0 Å². The van der Waals surface area contributed by atoms with Gasteiger partial charge in [0.05, 0.1) is 17.5 Å². The van der Waals surface area contributed by atoms with E-state index in [0.717, 1.165) is 5.57 Å². The van der Waals surface area contributed by atoms with Gasteiger partial charge in [-0.1, -0.05) is 6.58 Å². The van der Waals surface area contributed by atoms with Crippen LogP contribution < -0.4 is 5.32 Å². The van der Waals surface area contributed by atoms with Crippen molar-refractivity contribution in [2.24, 2.45) is 0 Å². The summed E-state index contributed by atoms with van der Waals surface area (Å²) in [7, 11) is 0. The molecule has 0 radical (unpaired) electrons. The van der Waals surface area contributed by atoms with Crippen LogP contribution in [-0.4, -0.2) is 24.3 Å². The van der Waals surface area contributed by atoms with E-state index in [4.69, 9.17) is 9.47 Å². The summed E-state index contributed by atoms with van der Waals surface area (Å²) < 4.78 is 24.7. The van der Waals surface area contributed by atoms with Gasteiger partial charge in [0.15, 0.2) is 0 Å². The van der Waals surface area contributed by atoms with Crippen molar-refractivity contribution >= 4 is 17.4 Å². The van der Waals surface area contributed by atoms with Crippen LogP contribution in [-0.2, 0) is 9.47 Å². The third-order valence-electron chi connectivity index (χ3n) is 2.95. The normalized spacial score (nSPS) is 23.0. The Labute approximate surface area is 127 Å². The quantitative estimate of drug-likeness (QED) is 0.845. The van der Waals surface area contributed by atoms with Crippen molar-refractivity contribution in [3.63, 3.8) is 0 Å². The molecule has 2 unspecified atom stereocenters. The van der Waals surface area contributed by atoms with E-state index in [-0.39, 0.29) is 11.9 Å². The largest absolute Gasteiger partial charge is 0.444 e. The molecule has 116 valence electrons.